The average molecular weight is 542 g/mol. The van der Waals surface area contributed by atoms with Crippen LogP contribution < -0.4 is 4.72 Å². The number of halogens is 3. The van der Waals surface area contributed by atoms with Crippen molar-refractivity contribution in [3.05, 3.63) is 63.0 Å². The molecule has 0 spiro atoms. The molecule has 2 saturated heterocycles. The first-order chi connectivity index (χ1) is 17.2. The van der Waals surface area contributed by atoms with Crippen molar-refractivity contribution in [2.24, 2.45) is 4.99 Å². The molecule has 0 saturated carbocycles. The molecule has 1 aromatic carbocycles. The first-order valence-corrected chi connectivity index (χ1v) is 13.5. The minimum atomic E-state index is -3.77. The van der Waals surface area contributed by atoms with Gasteiger partial charge in [-0.25, -0.2) is 22.9 Å². The number of rotatable bonds is 6. The zero-order chi connectivity index (χ0) is 25.6. The van der Waals surface area contributed by atoms with Crippen molar-refractivity contribution in [1.82, 2.24) is 18.9 Å². The zero-order valence-corrected chi connectivity index (χ0v) is 20.7. The molecule has 9 nitrogen and oxygen atoms in total. The molecule has 3 aliphatic heterocycles. The van der Waals surface area contributed by atoms with Crippen molar-refractivity contribution in [2.45, 2.75) is 31.3 Å². The Morgan fingerprint density at radius 1 is 1.19 bits per heavy atom. The number of aromatic nitrogens is 1. The first kappa shape index (κ1) is 24.9. The molecule has 3 aliphatic rings. The summed E-state index contributed by atoms with van der Waals surface area (Å²) in [5.74, 6) is -5.10. The van der Waals surface area contributed by atoms with Crippen LogP contribution in [0.25, 0.3) is 0 Å². The van der Waals surface area contributed by atoms with E-state index in [0.717, 1.165) is 32.1 Å². The van der Waals surface area contributed by atoms with E-state index >= 15 is 0 Å². The maximum atomic E-state index is 14.9. The number of aliphatic imine (C=N–C) groups is 1. The van der Waals surface area contributed by atoms with Crippen molar-refractivity contribution in [2.75, 3.05) is 26.7 Å². The van der Waals surface area contributed by atoms with E-state index in [1.165, 1.54) is 15.6 Å². The van der Waals surface area contributed by atoms with Crippen LogP contribution in [-0.4, -0.2) is 67.2 Å². The molecular formula is C22H22F3N5O4S2. The maximum Gasteiger partial charge on any atom is 0.338 e. The van der Waals surface area contributed by atoms with Gasteiger partial charge in [-0.05, 0) is 18.9 Å². The van der Waals surface area contributed by atoms with Gasteiger partial charge in [-0.1, -0.05) is 6.07 Å². The van der Waals surface area contributed by atoms with E-state index in [2.05, 4.69) is 14.7 Å². The molecule has 2 aromatic rings. The average Bonchev–Trinajstić information content (AvgIpc) is 3.63. The van der Waals surface area contributed by atoms with Crippen LogP contribution in [0, 0.1) is 17.5 Å². The number of carbonyl (C=O) groups is 1. The van der Waals surface area contributed by atoms with E-state index in [0.29, 0.717) is 23.8 Å². The second kappa shape index (κ2) is 9.57. The van der Waals surface area contributed by atoms with Gasteiger partial charge in [-0.15, -0.1) is 11.3 Å². The lowest BCUT2D eigenvalue weighted by Crippen LogP contribution is -2.45. The number of nitrogens with one attached hydrogen (secondary N) is 1. The highest BCUT2D eigenvalue weighted by molar-refractivity contribution is 7.87. The second-order valence-electron chi connectivity index (χ2n) is 8.55. The van der Waals surface area contributed by atoms with Crippen molar-refractivity contribution in [3.63, 3.8) is 0 Å². The molecule has 0 amide bonds. The van der Waals surface area contributed by atoms with Crippen LogP contribution in [0.5, 0.6) is 0 Å². The van der Waals surface area contributed by atoms with Crippen LogP contribution in [0.1, 0.15) is 35.9 Å². The van der Waals surface area contributed by atoms with Crippen LogP contribution in [0.15, 0.2) is 40.0 Å². The molecule has 1 aromatic heterocycles. The molecule has 0 unspecified atom stereocenters. The molecule has 14 heteroatoms. The Kier molecular flexibility index (Phi) is 6.61. The van der Waals surface area contributed by atoms with Gasteiger partial charge in [0.25, 0.3) is 10.2 Å². The number of carbonyl (C=O) groups excluding carboxylic acids is 1. The largest absolute Gasteiger partial charge is 0.466 e. The van der Waals surface area contributed by atoms with Gasteiger partial charge in [0.15, 0.2) is 28.3 Å². The Morgan fingerprint density at radius 3 is 2.61 bits per heavy atom. The molecule has 2 atom stereocenters. The highest BCUT2D eigenvalue weighted by atomic mass is 32.2. The lowest BCUT2D eigenvalue weighted by molar-refractivity contribution is -0.136. The van der Waals surface area contributed by atoms with Crippen molar-refractivity contribution < 1.29 is 31.1 Å². The molecule has 192 valence electrons. The standard InChI is InChI=1S/C22H22F3N5O4S2/c1-34-22(31)16-15-10-12(28-36(32,33)29-7-2-3-8-29)11-30(15)20(21-26-6-9-35-21)27-19(16)13-4-5-14(23)18(25)17(13)24/h4-6,9,12,19,28H,2-3,7-8,10-11H2,1H3/t12-,19-/m0/s1. The van der Waals surface area contributed by atoms with Gasteiger partial charge < -0.3 is 9.64 Å². The Bertz CT molecular complexity index is 1360. The Labute approximate surface area is 209 Å². The number of thiazole rings is 1. The first-order valence-electron chi connectivity index (χ1n) is 11.2. The zero-order valence-electron chi connectivity index (χ0n) is 19.1. The molecule has 5 rings (SSSR count). The number of fused-ring (bicyclic) bond motifs is 1. The normalized spacial score (nSPS) is 22.7. The number of ether oxygens (including phenoxy) is 1. The van der Waals surface area contributed by atoms with Crippen molar-refractivity contribution in [3.8, 4) is 0 Å². The Balaban J connectivity index is 1.61. The monoisotopic (exact) mass is 541 g/mol. The fourth-order valence-corrected chi connectivity index (χ4v) is 6.84. The topological polar surface area (TPSA) is 104 Å². The molecule has 36 heavy (non-hydrogen) atoms. The summed E-state index contributed by atoms with van der Waals surface area (Å²) in [5, 5.41) is 2.14. The van der Waals surface area contributed by atoms with E-state index in [-0.39, 0.29) is 29.9 Å². The fourth-order valence-electron chi connectivity index (χ4n) is 4.74. The second-order valence-corrected chi connectivity index (χ2v) is 11.1. The van der Waals surface area contributed by atoms with Gasteiger partial charge in [0.1, 0.15) is 6.04 Å². The van der Waals surface area contributed by atoms with Gasteiger partial charge in [0.05, 0.1) is 12.7 Å². The predicted octanol–water partition coefficient (Wildman–Crippen LogP) is 2.49. The third kappa shape index (κ3) is 4.31. The Morgan fingerprint density at radius 2 is 1.94 bits per heavy atom. The maximum absolute atomic E-state index is 14.9. The lowest BCUT2D eigenvalue weighted by Gasteiger charge is -2.31. The molecular weight excluding hydrogens is 519 g/mol. The van der Waals surface area contributed by atoms with E-state index in [1.54, 1.807) is 16.5 Å². The summed E-state index contributed by atoms with van der Waals surface area (Å²) in [5.41, 5.74) is -0.0764. The van der Waals surface area contributed by atoms with Gasteiger partial charge in [-0.3, -0.25) is 4.99 Å². The molecule has 0 aliphatic carbocycles. The SMILES string of the molecule is COC(=O)C1=C2C[C@H](NS(=O)(=O)N3CCCC3)CN2C(c2nccs2)=N[C@H]1c1ccc(F)c(F)c1F. The minimum Gasteiger partial charge on any atom is -0.466 e. The summed E-state index contributed by atoms with van der Waals surface area (Å²) in [6.45, 7) is 0.977. The van der Waals surface area contributed by atoms with Gasteiger partial charge in [-0.2, -0.15) is 17.4 Å². The summed E-state index contributed by atoms with van der Waals surface area (Å²) >= 11 is 1.24. The predicted molar refractivity (Wildman–Crippen MR) is 125 cm³/mol. The molecule has 4 heterocycles. The third-order valence-electron chi connectivity index (χ3n) is 6.37. The van der Waals surface area contributed by atoms with E-state index in [4.69, 9.17) is 4.74 Å². The number of hydrogen-bond donors (Lipinski definition) is 1. The van der Waals surface area contributed by atoms with Crippen LogP contribution in [0.2, 0.25) is 0 Å². The van der Waals surface area contributed by atoms with Crippen molar-refractivity contribution >= 4 is 33.4 Å². The summed E-state index contributed by atoms with van der Waals surface area (Å²) < 4.78 is 77.5. The van der Waals surface area contributed by atoms with Crippen LogP contribution >= 0.6 is 11.3 Å². The number of methoxy groups -OCH3 is 1. The van der Waals surface area contributed by atoms with Gasteiger partial charge >= 0.3 is 5.97 Å². The van der Waals surface area contributed by atoms with Gasteiger partial charge in [0.2, 0.25) is 0 Å². The summed E-state index contributed by atoms with van der Waals surface area (Å²) in [6, 6.07) is -0.196. The van der Waals surface area contributed by atoms with Crippen LogP contribution in [-0.2, 0) is 19.7 Å². The van der Waals surface area contributed by atoms with E-state index in [9.17, 15) is 26.4 Å². The van der Waals surface area contributed by atoms with Crippen molar-refractivity contribution in [1.29, 1.82) is 0 Å². The quantitative estimate of drug-likeness (QED) is 0.445. The number of nitrogens with zero attached hydrogens (tertiary/aromatic N) is 4. The lowest BCUT2D eigenvalue weighted by atomic mass is 9.94. The van der Waals surface area contributed by atoms with Crippen LogP contribution in [0.3, 0.4) is 0 Å². The summed E-state index contributed by atoms with van der Waals surface area (Å²) in [6.07, 6.45) is 3.16. The highest BCUT2D eigenvalue weighted by Crippen LogP contribution is 2.42. The number of hydrogen-bond acceptors (Lipinski definition) is 8. The third-order valence-corrected chi connectivity index (χ3v) is 8.81. The molecule has 0 bridgehead atoms. The molecule has 1 N–H and O–H groups in total. The summed E-state index contributed by atoms with van der Waals surface area (Å²) in [7, 11) is -2.63. The Hall–Kier alpha value is -2.81. The fraction of sp³-hybridized carbons (Fsp3) is 0.409. The molecule has 2 fully saturated rings. The van der Waals surface area contributed by atoms with Gasteiger partial charge in [0, 0.05) is 54.9 Å². The van der Waals surface area contributed by atoms with E-state index < -0.39 is 45.7 Å². The van der Waals surface area contributed by atoms with E-state index in [1.807, 2.05) is 0 Å². The molecule has 0 radical (unpaired) electrons. The number of amidine groups is 1. The minimum absolute atomic E-state index is 0.0731. The number of esters is 1. The highest BCUT2D eigenvalue weighted by Gasteiger charge is 2.44. The van der Waals surface area contributed by atoms with Crippen LogP contribution in [0.4, 0.5) is 13.2 Å². The number of benzene rings is 1. The smallest absolute Gasteiger partial charge is 0.338 e. The summed E-state index contributed by atoms with van der Waals surface area (Å²) in [4.78, 5) is 23.4.